The van der Waals surface area contributed by atoms with E-state index in [1.54, 1.807) is 0 Å². The van der Waals surface area contributed by atoms with Crippen LogP contribution in [0, 0.1) is 11.3 Å². The van der Waals surface area contributed by atoms with E-state index in [1.165, 1.54) is 51.4 Å². The predicted octanol–water partition coefficient (Wildman–Crippen LogP) is 5.24. The van der Waals surface area contributed by atoms with Crippen LogP contribution in [0.5, 0.6) is 0 Å². The Bertz CT molecular complexity index is 202. The molecule has 0 N–H and O–H groups in total. The van der Waals surface area contributed by atoms with E-state index in [9.17, 15) is 0 Å². The SMILES string of the molecule is CCCCC12CCC(CC1)CC2(Br)Br. The van der Waals surface area contributed by atoms with E-state index in [0.717, 1.165) is 5.92 Å². The van der Waals surface area contributed by atoms with Gasteiger partial charge < -0.3 is 0 Å². The maximum absolute atomic E-state index is 3.95. The van der Waals surface area contributed by atoms with Gasteiger partial charge in [-0.25, -0.2) is 0 Å². The first-order chi connectivity index (χ1) is 6.60. The van der Waals surface area contributed by atoms with E-state index in [0.29, 0.717) is 5.41 Å². The van der Waals surface area contributed by atoms with Crippen LogP contribution in [0.1, 0.15) is 58.3 Å². The summed E-state index contributed by atoms with van der Waals surface area (Å²) in [7, 11) is 0. The Balaban J connectivity index is 2.12. The quantitative estimate of drug-likeness (QED) is 0.623. The van der Waals surface area contributed by atoms with E-state index in [4.69, 9.17) is 0 Å². The Morgan fingerprint density at radius 2 is 1.86 bits per heavy atom. The summed E-state index contributed by atoms with van der Waals surface area (Å²) in [6, 6.07) is 0. The van der Waals surface area contributed by atoms with Gasteiger partial charge in [-0.15, -0.1) is 0 Å². The van der Waals surface area contributed by atoms with Crippen LogP contribution in [0.4, 0.5) is 0 Å². The van der Waals surface area contributed by atoms with Crippen LogP contribution in [0.2, 0.25) is 0 Å². The molecule has 14 heavy (non-hydrogen) atoms. The first kappa shape index (κ1) is 11.4. The highest BCUT2D eigenvalue weighted by Crippen LogP contribution is 2.64. The molecule has 0 spiro atoms. The van der Waals surface area contributed by atoms with Crippen molar-refractivity contribution in [3.05, 3.63) is 0 Å². The van der Waals surface area contributed by atoms with Crippen LogP contribution < -0.4 is 0 Å². The summed E-state index contributed by atoms with van der Waals surface area (Å²) >= 11 is 7.91. The maximum atomic E-state index is 3.95. The molecule has 2 bridgehead atoms. The van der Waals surface area contributed by atoms with E-state index in [2.05, 4.69) is 38.8 Å². The van der Waals surface area contributed by atoms with Gasteiger partial charge in [-0.05, 0) is 49.9 Å². The number of fused-ring (bicyclic) bond motifs is 3. The summed E-state index contributed by atoms with van der Waals surface area (Å²) in [4.78, 5) is 0. The zero-order valence-corrected chi connectivity index (χ0v) is 12.2. The molecule has 0 radical (unpaired) electrons. The fraction of sp³-hybridized carbons (Fsp3) is 1.00. The summed E-state index contributed by atoms with van der Waals surface area (Å²) in [5.74, 6) is 0.984. The third kappa shape index (κ3) is 1.81. The van der Waals surface area contributed by atoms with Gasteiger partial charge in [0.1, 0.15) is 0 Å². The number of unbranched alkanes of at least 4 members (excludes halogenated alkanes) is 1. The lowest BCUT2D eigenvalue weighted by molar-refractivity contribution is 0.0548. The lowest BCUT2D eigenvalue weighted by Crippen LogP contribution is -2.48. The molecule has 82 valence electrons. The van der Waals surface area contributed by atoms with Crippen LogP contribution in [0.25, 0.3) is 0 Å². The van der Waals surface area contributed by atoms with E-state index < -0.39 is 0 Å². The summed E-state index contributed by atoms with van der Waals surface area (Å²) in [5, 5.41) is 0. The number of hydrogen-bond acceptors (Lipinski definition) is 0. The molecule has 3 rings (SSSR count). The van der Waals surface area contributed by atoms with Crippen molar-refractivity contribution in [3.8, 4) is 0 Å². The van der Waals surface area contributed by atoms with Crippen molar-refractivity contribution in [1.82, 2.24) is 0 Å². The van der Waals surface area contributed by atoms with Crippen molar-refractivity contribution < 1.29 is 0 Å². The Morgan fingerprint density at radius 3 is 2.36 bits per heavy atom. The number of halogens is 2. The maximum Gasteiger partial charge on any atom is 0.0864 e. The fourth-order valence-corrected chi connectivity index (χ4v) is 5.43. The van der Waals surface area contributed by atoms with E-state index in [1.807, 2.05) is 0 Å². The summed E-state index contributed by atoms with van der Waals surface area (Å²) in [6.45, 7) is 2.30. The standard InChI is InChI=1S/C12H20Br2/c1-2-3-6-11-7-4-10(5-8-11)9-12(11,13)14/h10H,2-9H2,1H3. The van der Waals surface area contributed by atoms with Crippen molar-refractivity contribution >= 4 is 31.9 Å². The molecular formula is C12H20Br2. The zero-order valence-electron chi connectivity index (χ0n) is 8.99. The topological polar surface area (TPSA) is 0 Å². The van der Waals surface area contributed by atoms with E-state index in [-0.39, 0.29) is 3.23 Å². The van der Waals surface area contributed by atoms with Gasteiger partial charge in [0.25, 0.3) is 0 Å². The van der Waals surface area contributed by atoms with Crippen molar-refractivity contribution in [2.75, 3.05) is 0 Å². The van der Waals surface area contributed by atoms with Gasteiger partial charge in [0.2, 0.25) is 0 Å². The van der Waals surface area contributed by atoms with Crippen LogP contribution in [0.15, 0.2) is 0 Å². The van der Waals surface area contributed by atoms with Crippen molar-refractivity contribution in [1.29, 1.82) is 0 Å². The largest absolute Gasteiger partial charge is 0.0864 e. The van der Waals surface area contributed by atoms with Gasteiger partial charge in [-0.2, -0.15) is 0 Å². The van der Waals surface area contributed by atoms with E-state index >= 15 is 0 Å². The third-order valence-electron chi connectivity index (χ3n) is 4.39. The minimum Gasteiger partial charge on any atom is -0.0721 e. The molecule has 0 nitrogen and oxygen atoms in total. The smallest absolute Gasteiger partial charge is 0.0721 e. The lowest BCUT2D eigenvalue weighted by atomic mass is 9.59. The Hall–Kier alpha value is 0.960. The molecule has 0 amide bonds. The Morgan fingerprint density at radius 1 is 1.21 bits per heavy atom. The minimum absolute atomic E-state index is 0.267. The highest BCUT2D eigenvalue weighted by atomic mass is 79.9. The molecule has 3 fully saturated rings. The normalized spacial score (nSPS) is 40.1. The molecule has 0 unspecified atom stereocenters. The van der Waals surface area contributed by atoms with Crippen LogP contribution in [-0.2, 0) is 0 Å². The average molecular weight is 324 g/mol. The second kappa shape index (κ2) is 4.08. The number of alkyl halides is 2. The predicted molar refractivity (Wildman–Crippen MR) is 69.1 cm³/mol. The molecule has 0 heterocycles. The molecular weight excluding hydrogens is 304 g/mol. The summed E-state index contributed by atoms with van der Waals surface area (Å²) in [5.41, 5.74) is 0.567. The first-order valence-electron chi connectivity index (χ1n) is 5.97. The number of rotatable bonds is 3. The van der Waals surface area contributed by atoms with Crippen LogP contribution in [0.3, 0.4) is 0 Å². The Kier molecular flexibility index (Phi) is 3.34. The molecule has 3 saturated carbocycles. The molecule has 0 aromatic carbocycles. The fourth-order valence-electron chi connectivity index (χ4n) is 3.33. The van der Waals surface area contributed by atoms with Crippen LogP contribution in [-0.4, -0.2) is 3.23 Å². The van der Waals surface area contributed by atoms with Crippen molar-refractivity contribution in [2.24, 2.45) is 11.3 Å². The highest BCUT2D eigenvalue weighted by molar-refractivity contribution is 9.25. The van der Waals surface area contributed by atoms with Crippen LogP contribution >= 0.6 is 31.9 Å². The lowest BCUT2D eigenvalue weighted by Gasteiger charge is -2.55. The van der Waals surface area contributed by atoms with Gasteiger partial charge in [-0.1, -0.05) is 51.6 Å². The summed E-state index contributed by atoms with van der Waals surface area (Å²) in [6.07, 6.45) is 11.3. The monoisotopic (exact) mass is 322 g/mol. The molecule has 0 aliphatic heterocycles. The third-order valence-corrected chi connectivity index (χ3v) is 6.72. The molecule has 2 heteroatoms. The van der Waals surface area contributed by atoms with Gasteiger partial charge in [0, 0.05) is 0 Å². The van der Waals surface area contributed by atoms with Crippen molar-refractivity contribution in [2.45, 2.75) is 61.5 Å². The molecule has 3 aliphatic rings. The molecule has 0 saturated heterocycles. The highest BCUT2D eigenvalue weighted by Gasteiger charge is 2.54. The van der Waals surface area contributed by atoms with Gasteiger partial charge in [0.15, 0.2) is 0 Å². The minimum atomic E-state index is 0.267. The van der Waals surface area contributed by atoms with Gasteiger partial charge in [0.05, 0.1) is 3.23 Å². The molecule has 0 aromatic rings. The zero-order chi connectivity index (χ0) is 10.2. The second-order valence-electron chi connectivity index (χ2n) is 5.24. The Labute approximate surface area is 104 Å². The molecule has 3 aliphatic carbocycles. The summed E-state index contributed by atoms with van der Waals surface area (Å²) < 4.78 is 0.267. The first-order valence-corrected chi connectivity index (χ1v) is 7.56. The second-order valence-corrected chi connectivity index (χ2v) is 9.01. The molecule has 0 atom stereocenters. The number of hydrogen-bond donors (Lipinski definition) is 0. The molecule has 0 aromatic heterocycles. The average Bonchev–Trinajstić information content (AvgIpc) is 2.16. The van der Waals surface area contributed by atoms with Gasteiger partial charge in [-0.3, -0.25) is 0 Å². The van der Waals surface area contributed by atoms with Gasteiger partial charge >= 0.3 is 0 Å². The van der Waals surface area contributed by atoms with Crippen molar-refractivity contribution in [3.63, 3.8) is 0 Å².